The van der Waals surface area contributed by atoms with E-state index in [1.54, 1.807) is 0 Å². The van der Waals surface area contributed by atoms with Crippen molar-refractivity contribution in [3.05, 3.63) is 50.2 Å². The fraction of sp³-hybridized carbons (Fsp3) is 0. The molecule has 0 bridgehead atoms. The molecule has 98 valence electrons. The minimum Gasteiger partial charge on any atom is -0.476 e. The third-order valence-electron chi connectivity index (χ3n) is 2.30. The summed E-state index contributed by atoms with van der Waals surface area (Å²) < 4.78 is 0.919. The summed E-state index contributed by atoms with van der Waals surface area (Å²) in [5.74, 6) is -1.46. The van der Waals surface area contributed by atoms with Gasteiger partial charge in [-0.2, -0.15) is 5.10 Å². The molecule has 1 aromatic carbocycles. The quantitative estimate of drug-likeness (QED) is 0.694. The Morgan fingerprint density at radius 3 is 2.58 bits per heavy atom. The Morgan fingerprint density at radius 1 is 1.37 bits per heavy atom. The molecule has 0 aliphatic rings. The van der Waals surface area contributed by atoms with E-state index in [9.17, 15) is 14.9 Å². The summed E-state index contributed by atoms with van der Waals surface area (Å²) in [5, 5.41) is 23.9. The summed E-state index contributed by atoms with van der Waals surface area (Å²) in [4.78, 5) is 21.0. The monoisotopic (exact) mass is 301 g/mol. The van der Waals surface area contributed by atoms with Crippen LogP contribution in [0.3, 0.4) is 0 Å². The van der Waals surface area contributed by atoms with Crippen LogP contribution in [-0.2, 0) is 0 Å². The van der Waals surface area contributed by atoms with E-state index in [1.807, 2.05) is 0 Å². The Bertz CT molecular complexity index is 683. The molecule has 0 fully saturated rings. The van der Waals surface area contributed by atoms with Crippen molar-refractivity contribution in [1.82, 2.24) is 9.78 Å². The highest BCUT2D eigenvalue weighted by atomic mass is 35.5. The number of hydrogen-bond acceptors (Lipinski definition) is 4. The number of hydrogen-bond donors (Lipinski definition) is 1. The summed E-state index contributed by atoms with van der Waals surface area (Å²) in [5.41, 5.74) is -0.887. The normalized spacial score (nSPS) is 10.4. The van der Waals surface area contributed by atoms with Crippen molar-refractivity contribution < 1.29 is 14.8 Å². The van der Waals surface area contributed by atoms with Crippen molar-refractivity contribution in [2.75, 3.05) is 0 Å². The SMILES string of the molecule is O=C(O)c1c([N+](=O)[O-])cnn1-c1ccc(Cl)c(Cl)c1. The lowest BCUT2D eigenvalue weighted by atomic mass is 10.3. The highest BCUT2D eigenvalue weighted by Gasteiger charge is 2.27. The molecule has 1 aromatic heterocycles. The average molecular weight is 302 g/mol. The third-order valence-corrected chi connectivity index (χ3v) is 3.04. The van der Waals surface area contributed by atoms with Crippen molar-refractivity contribution in [3.8, 4) is 5.69 Å². The molecule has 0 atom stereocenters. The lowest BCUT2D eigenvalue weighted by Crippen LogP contribution is -2.10. The van der Waals surface area contributed by atoms with Crippen LogP contribution >= 0.6 is 23.2 Å². The van der Waals surface area contributed by atoms with Gasteiger partial charge in [0.25, 0.3) is 0 Å². The molecule has 2 rings (SSSR count). The molecule has 0 unspecified atom stereocenters. The first-order chi connectivity index (χ1) is 8.91. The van der Waals surface area contributed by atoms with Crippen molar-refractivity contribution in [2.24, 2.45) is 0 Å². The molecule has 0 amide bonds. The van der Waals surface area contributed by atoms with Gasteiger partial charge in [0.1, 0.15) is 6.20 Å². The lowest BCUT2D eigenvalue weighted by Gasteiger charge is -2.05. The molecular weight excluding hydrogens is 297 g/mol. The van der Waals surface area contributed by atoms with Crippen LogP contribution in [0.4, 0.5) is 5.69 Å². The summed E-state index contributed by atoms with van der Waals surface area (Å²) in [7, 11) is 0. The van der Waals surface area contributed by atoms with E-state index in [-0.39, 0.29) is 15.7 Å². The van der Waals surface area contributed by atoms with E-state index in [0.29, 0.717) is 0 Å². The zero-order chi connectivity index (χ0) is 14.2. The van der Waals surface area contributed by atoms with Crippen LogP contribution in [-0.4, -0.2) is 25.8 Å². The Labute approximate surface area is 116 Å². The topological polar surface area (TPSA) is 98.3 Å². The van der Waals surface area contributed by atoms with Crippen LogP contribution in [0.1, 0.15) is 10.5 Å². The van der Waals surface area contributed by atoms with E-state index >= 15 is 0 Å². The summed E-state index contributed by atoms with van der Waals surface area (Å²) in [6.07, 6.45) is 0.867. The molecule has 1 heterocycles. The second kappa shape index (κ2) is 4.87. The third kappa shape index (κ3) is 2.38. The minimum atomic E-state index is -1.46. The highest BCUT2D eigenvalue weighted by molar-refractivity contribution is 6.42. The number of halogens is 2. The van der Waals surface area contributed by atoms with Gasteiger partial charge in [-0.25, -0.2) is 9.48 Å². The summed E-state index contributed by atoms with van der Waals surface area (Å²) in [6.45, 7) is 0. The van der Waals surface area contributed by atoms with Gasteiger partial charge in [-0.1, -0.05) is 23.2 Å². The Balaban J connectivity index is 2.65. The summed E-state index contributed by atoms with van der Waals surface area (Å²) in [6, 6.07) is 4.27. The van der Waals surface area contributed by atoms with Crippen molar-refractivity contribution in [2.45, 2.75) is 0 Å². The Kier molecular flexibility index (Phi) is 3.41. The highest BCUT2D eigenvalue weighted by Crippen LogP contribution is 2.27. The molecule has 1 N–H and O–H groups in total. The maximum atomic E-state index is 11.1. The number of carboxylic acids is 1. The first-order valence-electron chi connectivity index (χ1n) is 4.83. The van der Waals surface area contributed by atoms with Gasteiger partial charge in [-0.3, -0.25) is 10.1 Å². The molecule has 0 aliphatic carbocycles. The Morgan fingerprint density at radius 2 is 2.05 bits per heavy atom. The maximum Gasteiger partial charge on any atom is 0.361 e. The van der Waals surface area contributed by atoms with Crippen molar-refractivity contribution >= 4 is 34.9 Å². The van der Waals surface area contributed by atoms with Gasteiger partial charge in [-0.05, 0) is 18.2 Å². The number of carbonyl (C=O) groups is 1. The maximum absolute atomic E-state index is 11.1. The van der Waals surface area contributed by atoms with Crippen molar-refractivity contribution in [3.63, 3.8) is 0 Å². The van der Waals surface area contributed by atoms with Gasteiger partial charge in [-0.15, -0.1) is 0 Å². The second-order valence-electron chi connectivity index (χ2n) is 3.45. The van der Waals surface area contributed by atoms with Crippen molar-refractivity contribution in [1.29, 1.82) is 0 Å². The molecule has 0 saturated heterocycles. The molecular formula is C10H5Cl2N3O4. The average Bonchev–Trinajstić information content (AvgIpc) is 2.77. The molecule has 0 spiro atoms. The molecule has 0 saturated carbocycles. The zero-order valence-electron chi connectivity index (χ0n) is 9.08. The van der Waals surface area contributed by atoms with Gasteiger partial charge in [0, 0.05) is 0 Å². The zero-order valence-corrected chi connectivity index (χ0v) is 10.6. The second-order valence-corrected chi connectivity index (χ2v) is 4.27. The number of nitrogens with zero attached hydrogens (tertiary/aromatic N) is 3. The number of aromatic carboxylic acids is 1. The number of aromatic nitrogens is 2. The number of rotatable bonds is 3. The minimum absolute atomic E-state index is 0.189. The van der Waals surface area contributed by atoms with Crippen LogP contribution < -0.4 is 0 Å². The van der Waals surface area contributed by atoms with Crippen LogP contribution in [0, 0.1) is 10.1 Å². The van der Waals surface area contributed by atoms with E-state index in [1.165, 1.54) is 18.2 Å². The standard InChI is InChI=1S/C10H5Cl2N3O4/c11-6-2-1-5(3-7(6)12)14-9(10(16)17)8(4-13-14)15(18)19/h1-4H,(H,16,17). The predicted octanol–water partition coefficient (Wildman–Crippen LogP) is 2.79. The van der Waals surface area contributed by atoms with E-state index in [0.717, 1.165) is 10.9 Å². The fourth-order valence-corrected chi connectivity index (χ4v) is 1.78. The van der Waals surface area contributed by atoms with Gasteiger partial charge in [0.15, 0.2) is 0 Å². The van der Waals surface area contributed by atoms with Crippen LogP contribution in [0.5, 0.6) is 0 Å². The van der Waals surface area contributed by atoms with Gasteiger partial charge >= 0.3 is 11.7 Å². The largest absolute Gasteiger partial charge is 0.476 e. The molecule has 19 heavy (non-hydrogen) atoms. The lowest BCUT2D eigenvalue weighted by molar-refractivity contribution is -0.385. The number of benzene rings is 1. The number of carboxylic acid groups (broad SMARTS) is 1. The molecule has 7 nitrogen and oxygen atoms in total. The smallest absolute Gasteiger partial charge is 0.361 e. The van der Waals surface area contributed by atoms with E-state index in [2.05, 4.69) is 5.10 Å². The number of nitro groups is 1. The van der Waals surface area contributed by atoms with Crippen LogP contribution in [0.25, 0.3) is 5.69 Å². The summed E-state index contributed by atoms with van der Waals surface area (Å²) >= 11 is 11.6. The molecule has 0 aliphatic heterocycles. The van der Waals surface area contributed by atoms with E-state index < -0.39 is 22.3 Å². The van der Waals surface area contributed by atoms with Crippen LogP contribution in [0.15, 0.2) is 24.4 Å². The van der Waals surface area contributed by atoms with Gasteiger partial charge in [0.2, 0.25) is 5.69 Å². The van der Waals surface area contributed by atoms with Gasteiger partial charge < -0.3 is 5.11 Å². The Hall–Kier alpha value is -2.12. The first-order valence-corrected chi connectivity index (χ1v) is 5.58. The van der Waals surface area contributed by atoms with Crippen LogP contribution in [0.2, 0.25) is 10.0 Å². The molecule has 9 heteroatoms. The predicted molar refractivity (Wildman–Crippen MR) is 67.2 cm³/mol. The first kappa shape index (κ1) is 13.3. The van der Waals surface area contributed by atoms with Gasteiger partial charge in [0.05, 0.1) is 20.7 Å². The molecule has 2 aromatic rings. The molecule has 0 radical (unpaired) electrons. The van der Waals surface area contributed by atoms with E-state index in [4.69, 9.17) is 28.3 Å². The fourth-order valence-electron chi connectivity index (χ4n) is 1.49.